The highest BCUT2D eigenvalue weighted by Gasteiger charge is 2.22. The number of rotatable bonds is 3. The average molecular weight is 299 g/mol. The molecule has 0 aromatic heterocycles. The quantitative estimate of drug-likeness (QED) is 0.599. The SMILES string of the molecule is CNC(=S)NNC(=O)C(c1ccccc1)c1ccccc1. The van der Waals surface area contributed by atoms with Crippen molar-refractivity contribution in [3.63, 3.8) is 0 Å². The van der Waals surface area contributed by atoms with Crippen LogP contribution in [0.2, 0.25) is 0 Å². The third-order valence-corrected chi connectivity index (χ3v) is 3.36. The van der Waals surface area contributed by atoms with E-state index in [-0.39, 0.29) is 11.8 Å². The van der Waals surface area contributed by atoms with Gasteiger partial charge in [0.15, 0.2) is 5.11 Å². The molecule has 0 spiro atoms. The van der Waals surface area contributed by atoms with Gasteiger partial charge in [-0.3, -0.25) is 15.6 Å². The summed E-state index contributed by atoms with van der Waals surface area (Å²) in [4.78, 5) is 12.5. The first-order valence-electron chi connectivity index (χ1n) is 6.60. The Kier molecular flexibility index (Phi) is 5.29. The van der Waals surface area contributed by atoms with Crippen LogP contribution in [-0.2, 0) is 4.79 Å². The van der Waals surface area contributed by atoms with Gasteiger partial charge >= 0.3 is 0 Å². The molecule has 0 heterocycles. The van der Waals surface area contributed by atoms with E-state index in [0.717, 1.165) is 11.1 Å². The summed E-state index contributed by atoms with van der Waals surface area (Å²) in [6.45, 7) is 0. The minimum absolute atomic E-state index is 0.162. The van der Waals surface area contributed by atoms with Crippen LogP contribution in [0.15, 0.2) is 60.7 Å². The number of thiocarbonyl (C=S) groups is 1. The van der Waals surface area contributed by atoms with Gasteiger partial charge < -0.3 is 5.32 Å². The third kappa shape index (κ3) is 4.03. The Morgan fingerprint density at radius 3 is 1.81 bits per heavy atom. The predicted octanol–water partition coefficient (Wildman–Crippen LogP) is 1.94. The van der Waals surface area contributed by atoms with Crippen LogP contribution in [0.4, 0.5) is 0 Å². The second kappa shape index (κ2) is 7.40. The Labute approximate surface area is 129 Å². The van der Waals surface area contributed by atoms with Crippen LogP contribution in [-0.4, -0.2) is 18.1 Å². The van der Waals surface area contributed by atoms with E-state index in [1.807, 2.05) is 60.7 Å². The van der Waals surface area contributed by atoms with E-state index in [1.165, 1.54) is 0 Å². The molecular formula is C16H17N3OS. The van der Waals surface area contributed by atoms with E-state index in [0.29, 0.717) is 5.11 Å². The highest BCUT2D eigenvalue weighted by molar-refractivity contribution is 7.80. The summed E-state index contributed by atoms with van der Waals surface area (Å²) in [7, 11) is 1.69. The van der Waals surface area contributed by atoms with Crippen molar-refractivity contribution in [1.29, 1.82) is 0 Å². The van der Waals surface area contributed by atoms with Crippen LogP contribution in [0.25, 0.3) is 0 Å². The van der Waals surface area contributed by atoms with Gasteiger partial charge in [0.1, 0.15) is 0 Å². The number of carbonyl (C=O) groups is 1. The fourth-order valence-electron chi connectivity index (χ4n) is 2.04. The van der Waals surface area contributed by atoms with Gasteiger partial charge in [0.25, 0.3) is 0 Å². The lowest BCUT2D eigenvalue weighted by atomic mass is 9.91. The van der Waals surface area contributed by atoms with Crippen molar-refractivity contribution in [2.45, 2.75) is 5.92 Å². The Hall–Kier alpha value is -2.40. The molecule has 0 fully saturated rings. The molecule has 0 aliphatic rings. The Morgan fingerprint density at radius 1 is 0.905 bits per heavy atom. The fraction of sp³-hybridized carbons (Fsp3) is 0.125. The van der Waals surface area contributed by atoms with Gasteiger partial charge in [-0.05, 0) is 23.3 Å². The highest BCUT2D eigenvalue weighted by Crippen LogP contribution is 2.24. The molecule has 2 rings (SSSR count). The lowest BCUT2D eigenvalue weighted by Crippen LogP contribution is -2.47. The van der Waals surface area contributed by atoms with Crippen LogP contribution in [0.5, 0.6) is 0 Å². The molecular weight excluding hydrogens is 282 g/mol. The molecule has 0 aliphatic heterocycles. The standard InChI is InChI=1S/C16H17N3OS/c1-17-16(21)19-18-15(20)14(12-8-4-2-5-9-12)13-10-6-3-7-11-13/h2-11,14H,1H3,(H,18,20)(H2,17,19,21). The molecule has 108 valence electrons. The average Bonchev–Trinajstić information content (AvgIpc) is 2.55. The molecule has 3 N–H and O–H groups in total. The summed E-state index contributed by atoms with van der Waals surface area (Å²) >= 11 is 4.96. The topological polar surface area (TPSA) is 53.2 Å². The van der Waals surface area contributed by atoms with Crippen LogP contribution in [0.3, 0.4) is 0 Å². The zero-order valence-electron chi connectivity index (χ0n) is 11.7. The molecule has 2 aromatic rings. The summed E-state index contributed by atoms with van der Waals surface area (Å²) < 4.78 is 0. The van der Waals surface area contributed by atoms with Gasteiger partial charge in [0, 0.05) is 7.05 Å². The van der Waals surface area contributed by atoms with E-state index in [4.69, 9.17) is 12.2 Å². The van der Waals surface area contributed by atoms with E-state index in [2.05, 4.69) is 16.2 Å². The van der Waals surface area contributed by atoms with Crippen molar-refractivity contribution in [2.24, 2.45) is 0 Å². The van der Waals surface area contributed by atoms with Crippen molar-refractivity contribution in [1.82, 2.24) is 16.2 Å². The molecule has 0 radical (unpaired) electrons. The number of nitrogens with one attached hydrogen (secondary N) is 3. The van der Waals surface area contributed by atoms with Crippen molar-refractivity contribution in [3.05, 3.63) is 71.8 Å². The molecule has 0 aliphatic carbocycles. The maximum atomic E-state index is 12.5. The molecule has 4 nitrogen and oxygen atoms in total. The minimum atomic E-state index is -0.389. The van der Waals surface area contributed by atoms with Crippen molar-refractivity contribution in [2.75, 3.05) is 7.05 Å². The highest BCUT2D eigenvalue weighted by atomic mass is 32.1. The largest absolute Gasteiger partial charge is 0.364 e. The molecule has 0 saturated heterocycles. The molecule has 0 saturated carbocycles. The number of amides is 1. The smallest absolute Gasteiger partial charge is 0.250 e. The molecule has 0 atom stereocenters. The van der Waals surface area contributed by atoms with E-state index in [9.17, 15) is 4.79 Å². The maximum Gasteiger partial charge on any atom is 0.250 e. The second-order valence-corrected chi connectivity index (χ2v) is 4.86. The van der Waals surface area contributed by atoms with Crippen molar-refractivity contribution >= 4 is 23.2 Å². The van der Waals surface area contributed by atoms with Crippen LogP contribution in [0.1, 0.15) is 17.0 Å². The Morgan fingerprint density at radius 2 is 1.38 bits per heavy atom. The molecule has 1 amide bonds. The van der Waals surface area contributed by atoms with Gasteiger partial charge in [-0.25, -0.2) is 0 Å². The first kappa shape index (κ1) is 15.0. The van der Waals surface area contributed by atoms with Gasteiger partial charge in [-0.1, -0.05) is 60.7 Å². The monoisotopic (exact) mass is 299 g/mol. The number of carbonyl (C=O) groups excluding carboxylic acids is 1. The third-order valence-electron chi connectivity index (χ3n) is 3.05. The molecule has 5 heteroatoms. The van der Waals surface area contributed by atoms with Crippen LogP contribution in [0, 0.1) is 0 Å². The summed E-state index contributed by atoms with van der Waals surface area (Å²) in [5, 5.41) is 3.11. The van der Waals surface area contributed by atoms with Crippen LogP contribution < -0.4 is 16.2 Å². The van der Waals surface area contributed by atoms with Crippen LogP contribution >= 0.6 is 12.2 Å². The second-order valence-electron chi connectivity index (χ2n) is 4.45. The normalized spacial score (nSPS) is 10.0. The Balaban J connectivity index is 2.25. The molecule has 2 aromatic carbocycles. The minimum Gasteiger partial charge on any atom is -0.364 e. The van der Waals surface area contributed by atoms with Crippen molar-refractivity contribution < 1.29 is 4.79 Å². The van der Waals surface area contributed by atoms with Gasteiger partial charge in [-0.2, -0.15) is 0 Å². The molecule has 0 unspecified atom stereocenters. The maximum absolute atomic E-state index is 12.5. The van der Waals surface area contributed by atoms with Gasteiger partial charge in [0.2, 0.25) is 5.91 Å². The molecule has 21 heavy (non-hydrogen) atoms. The summed E-state index contributed by atoms with van der Waals surface area (Å²) in [6, 6.07) is 19.3. The summed E-state index contributed by atoms with van der Waals surface area (Å²) in [6.07, 6.45) is 0. The zero-order valence-corrected chi connectivity index (χ0v) is 12.5. The van der Waals surface area contributed by atoms with Gasteiger partial charge in [0.05, 0.1) is 5.92 Å². The first-order valence-corrected chi connectivity index (χ1v) is 7.00. The lowest BCUT2D eigenvalue weighted by Gasteiger charge is -2.18. The molecule has 0 bridgehead atoms. The number of hydrazine groups is 1. The summed E-state index contributed by atoms with van der Waals surface area (Å²) in [5.41, 5.74) is 7.17. The Bertz CT molecular complexity index is 562. The number of hydrogen-bond donors (Lipinski definition) is 3. The summed E-state index contributed by atoms with van der Waals surface area (Å²) in [5.74, 6) is -0.551. The number of hydrogen-bond acceptors (Lipinski definition) is 2. The predicted molar refractivity (Wildman–Crippen MR) is 87.7 cm³/mol. The first-order chi connectivity index (χ1) is 10.2. The van der Waals surface area contributed by atoms with Gasteiger partial charge in [-0.15, -0.1) is 0 Å². The zero-order chi connectivity index (χ0) is 15.1. The van der Waals surface area contributed by atoms with E-state index < -0.39 is 0 Å². The lowest BCUT2D eigenvalue weighted by molar-refractivity contribution is -0.122. The van der Waals surface area contributed by atoms with E-state index in [1.54, 1.807) is 7.05 Å². The van der Waals surface area contributed by atoms with E-state index >= 15 is 0 Å². The number of benzene rings is 2. The fourth-order valence-corrected chi connectivity index (χ4v) is 2.09. The van der Waals surface area contributed by atoms with Crippen molar-refractivity contribution in [3.8, 4) is 0 Å².